The van der Waals surface area contributed by atoms with E-state index in [1.165, 1.54) is 25.7 Å². The zero-order chi connectivity index (χ0) is 10.6. The van der Waals surface area contributed by atoms with Gasteiger partial charge in [0.25, 0.3) is 0 Å². The van der Waals surface area contributed by atoms with E-state index in [1.807, 2.05) is 0 Å². The summed E-state index contributed by atoms with van der Waals surface area (Å²) in [6.07, 6.45) is 5.04. The molecule has 1 aliphatic rings. The van der Waals surface area contributed by atoms with Gasteiger partial charge in [-0.25, -0.2) is 0 Å². The minimum atomic E-state index is -0.888. The Morgan fingerprint density at radius 3 is 2.93 bits per heavy atom. The van der Waals surface area contributed by atoms with Crippen molar-refractivity contribution in [2.45, 2.75) is 43.9 Å². The van der Waals surface area contributed by atoms with Crippen LogP contribution in [-0.4, -0.2) is 28.1 Å². The van der Waals surface area contributed by atoms with E-state index in [4.69, 9.17) is 10.8 Å². The van der Waals surface area contributed by atoms with Crippen molar-refractivity contribution in [2.24, 2.45) is 11.7 Å². The number of hydrogen-bond acceptors (Lipinski definition) is 3. The fourth-order valence-electron chi connectivity index (χ4n) is 1.84. The molecule has 0 amide bonds. The second-order valence-corrected chi connectivity index (χ2v) is 5.51. The summed E-state index contributed by atoms with van der Waals surface area (Å²) < 4.78 is 0. The van der Waals surface area contributed by atoms with Crippen molar-refractivity contribution in [2.75, 3.05) is 5.75 Å². The van der Waals surface area contributed by atoms with Crippen molar-refractivity contribution < 1.29 is 9.90 Å². The maximum atomic E-state index is 10.5. The minimum absolute atomic E-state index is 0.548. The molecule has 1 saturated carbocycles. The number of thioether (sulfide) groups is 1. The number of aliphatic carboxylic acids is 1. The first-order valence-corrected chi connectivity index (χ1v) is 6.24. The maximum absolute atomic E-state index is 10.5. The lowest BCUT2D eigenvalue weighted by atomic mass is 9.91. The third kappa shape index (κ3) is 3.88. The average Bonchev–Trinajstić information content (AvgIpc) is 2.14. The van der Waals surface area contributed by atoms with Crippen molar-refractivity contribution in [3.05, 3.63) is 0 Å². The molecule has 0 radical (unpaired) electrons. The molecule has 82 valence electrons. The predicted octanol–water partition coefficient (Wildman–Crippen LogP) is 1.71. The van der Waals surface area contributed by atoms with Gasteiger partial charge in [-0.05, 0) is 18.8 Å². The van der Waals surface area contributed by atoms with Gasteiger partial charge in [0.2, 0.25) is 0 Å². The molecule has 1 fully saturated rings. The highest BCUT2D eigenvalue weighted by Crippen LogP contribution is 2.31. The zero-order valence-corrected chi connectivity index (χ0v) is 9.43. The molecule has 14 heavy (non-hydrogen) atoms. The van der Waals surface area contributed by atoms with Crippen molar-refractivity contribution >= 4 is 17.7 Å². The number of carboxylic acids is 1. The molecule has 0 saturated heterocycles. The van der Waals surface area contributed by atoms with E-state index < -0.39 is 12.0 Å². The van der Waals surface area contributed by atoms with E-state index in [2.05, 4.69) is 6.92 Å². The second-order valence-electron chi connectivity index (χ2n) is 4.17. The third-order valence-corrected chi connectivity index (χ3v) is 4.17. The Hall–Kier alpha value is -0.220. The Balaban J connectivity index is 2.20. The second kappa shape index (κ2) is 5.61. The molecule has 3 N–H and O–H groups in total. The lowest BCUT2D eigenvalue weighted by Gasteiger charge is -2.26. The van der Waals surface area contributed by atoms with Crippen LogP contribution in [0.1, 0.15) is 32.6 Å². The highest BCUT2D eigenvalue weighted by molar-refractivity contribution is 7.99. The van der Waals surface area contributed by atoms with Crippen molar-refractivity contribution in [1.82, 2.24) is 0 Å². The highest BCUT2D eigenvalue weighted by atomic mass is 32.2. The number of carbonyl (C=O) groups is 1. The van der Waals surface area contributed by atoms with E-state index in [0.717, 1.165) is 5.92 Å². The van der Waals surface area contributed by atoms with Gasteiger partial charge in [0.1, 0.15) is 6.04 Å². The number of carboxylic acid groups (broad SMARTS) is 1. The fraction of sp³-hybridized carbons (Fsp3) is 0.900. The summed E-state index contributed by atoms with van der Waals surface area (Å²) in [6, 6.07) is -0.697. The van der Waals surface area contributed by atoms with Gasteiger partial charge in [0, 0.05) is 11.0 Å². The van der Waals surface area contributed by atoms with Crippen molar-refractivity contribution in [1.29, 1.82) is 0 Å². The Morgan fingerprint density at radius 2 is 2.36 bits per heavy atom. The number of rotatable bonds is 4. The zero-order valence-electron chi connectivity index (χ0n) is 8.61. The quantitative estimate of drug-likeness (QED) is 0.752. The minimum Gasteiger partial charge on any atom is -0.480 e. The highest BCUT2D eigenvalue weighted by Gasteiger charge is 2.21. The average molecular weight is 217 g/mol. The van der Waals surface area contributed by atoms with E-state index >= 15 is 0 Å². The monoisotopic (exact) mass is 217 g/mol. The summed E-state index contributed by atoms with van der Waals surface area (Å²) in [6.45, 7) is 2.27. The summed E-state index contributed by atoms with van der Waals surface area (Å²) in [5.41, 5.74) is 5.45. The van der Waals surface area contributed by atoms with Gasteiger partial charge in [-0.2, -0.15) is 11.8 Å². The van der Waals surface area contributed by atoms with Crippen LogP contribution in [0.4, 0.5) is 0 Å². The Bertz CT molecular complexity index is 199. The van der Waals surface area contributed by atoms with Gasteiger partial charge in [0.15, 0.2) is 0 Å². The summed E-state index contributed by atoms with van der Waals surface area (Å²) in [5.74, 6) is 0.455. The van der Waals surface area contributed by atoms with Gasteiger partial charge in [0.05, 0.1) is 0 Å². The van der Waals surface area contributed by atoms with Gasteiger partial charge in [-0.1, -0.05) is 19.8 Å². The van der Waals surface area contributed by atoms with Crippen molar-refractivity contribution in [3.63, 3.8) is 0 Å². The molecule has 2 unspecified atom stereocenters. The van der Waals surface area contributed by atoms with Crippen LogP contribution >= 0.6 is 11.8 Å². The Labute approximate surface area is 89.4 Å². The van der Waals surface area contributed by atoms with Crippen LogP contribution in [0.3, 0.4) is 0 Å². The first kappa shape index (κ1) is 11.9. The first-order chi connectivity index (χ1) is 6.59. The Kier molecular flexibility index (Phi) is 4.75. The maximum Gasteiger partial charge on any atom is 0.321 e. The summed E-state index contributed by atoms with van der Waals surface area (Å²) in [4.78, 5) is 10.5. The van der Waals surface area contributed by atoms with Crippen molar-refractivity contribution in [3.8, 4) is 0 Å². The largest absolute Gasteiger partial charge is 0.480 e. The summed E-state index contributed by atoms with van der Waals surface area (Å²) >= 11 is 1.73. The van der Waals surface area contributed by atoms with Crippen LogP contribution in [0.5, 0.6) is 0 Å². The van der Waals surface area contributed by atoms with Crippen LogP contribution in [0.25, 0.3) is 0 Å². The van der Waals surface area contributed by atoms with Gasteiger partial charge in [-0.3, -0.25) is 4.79 Å². The molecular weight excluding hydrogens is 198 g/mol. The molecule has 0 aromatic carbocycles. The summed E-state index contributed by atoms with van der Waals surface area (Å²) in [5, 5.41) is 9.25. The molecule has 4 heteroatoms. The molecule has 0 heterocycles. The van der Waals surface area contributed by atoms with Gasteiger partial charge < -0.3 is 10.8 Å². The Morgan fingerprint density at radius 1 is 1.64 bits per heavy atom. The van der Waals surface area contributed by atoms with Gasteiger partial charge >= 0.3 is 5.97 Å². The number of nitrogens with two attached hydrogens (primary N) is 1. The third-order valence-electron chi connectivity index (χ3n) is 2.72. The van der Waals surface area contributed by atoms with E-state index in [9.17, 15) is 4.79 Å². The van der Waals surface area contributed by atoms with Crippen LogP contribution in [0.15, 0.2) is 0 Å². The van der Waals surface area contributed by atoms with Crippen LogP contribution in [-0.2, 0) is 4.79 Å². The van der Waals surface area contributed by atoms with Crippen LogP contribution in [0, 0.1) is 5.92 Å². The smallest absolute Gasteiger partial charge is 0.321 e. The molecule has 0 aromatic heterocycles. The molecule has 0 aliphatic heterocycles. The fourth-order valence-corrected chi connectivity index (χ4v) is 3.26. The SMILES string of the molecule is CC1CCCC(SC[C@H](N)C(=O)O)C1. The predicted molar refractivity (Wildman–Crippen MR) is 59.5 cm³/mol. The van der Waals surface area contributed by atoms with Crippen LogP contribution in [0.2, 0.25) is 0 Å². The lowest BCUT2D eigenvalue weighted by Crippen LogP contribution is -2.33. The standard InChI is InChI=1S/C10H19NO2S/c1-7-3-2-4-8(5-7)14-6-9(11)10(12)13/h7-9H,2-6,11H2,1H3,(H,12,13)/t7?,8?,9-/m0/s1. The van der Waals surface area contributed by atoms with Crippen LogP contribution < -0.4 is 5.73 Å². The molecule has 1 rings (SSSR count). The van der Waals surface area contributed by atoms with E-state index in [1.54, 1.807) is 11.8 Å². The van der Waals surface area contributed by atoms with E-state index in [-0.39, 0.29) is 0 Å². The molecule has 3 atom stereocenters. The molecule has 1 aliphatic carbocycles. The molecule has 0 spiro atoms. The topological polar surface area (TPSA) is 63.3 Å². The van der Waals surface area contributed by atoms with Gasteiger partial charge in [-0.15, -0.1) is 0 Å². The molecule has 0 bridgehead atoms. The van der Waals surface area contributed by atoms with E-state index in [0.29, 0.717) is 11.0 Å². The first-order valence-electron chi connectivity index (χ1n) is 5.19. The molecule has 0 aromatic rings. The molecular formula is C10H19NO2S. The lowest BCUT2D eigenvalue weighted by molar-refractivity contribution is -0.137. The normalized spacial score (nSPS) is 29.9. The number of hydrogen-bond donors (Lipinski definition) is 2. The summed E-state index contributed by atoms with van der Waals surface area (Å²) in [7, 11) is 0. The molecule has 3 nitrogen and oxygen atoms in total.